The molecule has 2 rings (SSSR count). The predicted molar refractivity (Wildman–Crippen MR) is 86.9 cm³/mol. The molecule has 0 bridgehead atoms. The summed E-state index contributed by atoms with van der Waals surface area (Å²) in [5.41, 5.74) is 2.27. The van der Waals surface area contributed by atoms with Gasteiger partial charge in [0.25, 0.3) is 5.69 Å². The summed E-state index contributed by atoms with van der Waals surface area (Å²) in [6, 6.07) is 8.21. The molecule has 6 nitrogen and oxygen atoms in total. The highest BCUT2D eigenvalue weighted by Crippen LogP contribution is 2.22. The van der Waals surface area contributed by atoms with Crippen molar-refractivity contribution in [2.45, 2.75) is 12.7 Å². The summed E-state index contributed by atoms with van der Waals surface area (Å²) in [6.45, 7) is 1.79. The Morgan fingerprint density at radius 3 is 2.91 bits per heavy atom. The second-order valence-electron chi connectivity index (χ2n) is 4.66. The molecule has 22 heavy (non-hydrogen) atoms. The minimum Gasteiger partial charge on any atom is -0.325 e. The van der Waals surface area contributed by atoms with Gasteiger partial charge in [0, 0.05) is 30.3 Å². The highest BCUT2D eigenvalue weighted by atomic mass is 32.2. The number of thioether (sulfide) groups is 1. The van der Waals surface area contributed by atoms with Crippen LogP contribution in [0.15, 0.2) is 42.7 Å². The number of nitro benzene ring substituents is 1. The zero-order valence-corrected chi connectivity index (χ0v) is 12.8. The molecule has 1 heterocycles. The van der Waals surface area contributed by atoms with Gasteiger partial charge in [0.1, 0.15) is 0 Å². The molecule has 0 unspecified atom stereocenters. The van der Waals surface area contributed by atoms with Crippen molar-refractivity contribution in [2.75, 3.05) is 11.1 Å². The normalized spacial score (nSPS) is 10.2. The Morgan fingerprint density at radius 1 is 1.41 bits per heavy atom. The second-order valence-corrected chi connectivity index (χ2v) is 5.64. The minimum atomic E-state index is -0.480. The van der Waals surface area contributed by atoms with Crippen LogP contribution in [-0.2, 0) is 10.5 Å². The largest absolute Gasteiger partial charge is 0.325 e. The number of carbonyl (C=O) groups excluding carboxylic acids is 1. The van der Waals surface area contributed by atoms with E-state index in [4.69, 9.17) is 0 Å². The zero-order chi connectivity index (χ0) is 15.9. The van der Waals surface area contributed by atoms with E-state index in [1.54, 1.807) is 25.4 Å². The van der Waals surface area contributed by atoms with Crippen LogP contribution >= 0.6 is 11.8 Å². The molecule has 0 saturated heterocycles. The quantitative estimate of drug-likeness (QED) is 0.653. The summed E-state index contributed by atoms with van der Waals surface area (Å²) in [5, 5.41) is 13.5. The van der Waals surface area contributed by atoms with Crippen LogP contribution in [0, 0.1) is 17.0 Å². The average Bonchev–Trinajstić information content (AvgIpc) is 2.50. The zero-order valence-electron chi connectivity index (χ0n) is 12.0. The standard InChI is InChI=1S/C15H15N3O3S/c1-11-4-5-13(18(20)21)7-14(11)17-15(19)10-22-9-12-3-2-6-16-8-12/h2-8H,9-10H2,1H3,(H,17,19). The van der Waals surface area contributed by atoms with Crippen molar-refractivity contribution in [1.29, 1.82) is 0 Å². The van der Waals surface area contributed by atoms with Gasteiger partial charge in [0.2, 0.25) is 5.91 Å². The fourth-order valence-corrected chi connectivity index (χ4v) is 2.56. The number of nitrogens with zero attached hydrogens (tertiary/aromatic N) is 2. The van der Waals surface area contributed by atoms with E-state index in [0.29, 0.717) is 11.4 Å². The molecular weight excluding hydrogens is 302 g/mol. The molecule has 0 saturated carbocycles. The third-order valence-electron chi connectivity index (χ3n) is 2.93. The molecule has 7 heteroatoms. The van der Waals surface area contributed by atoms with Gasteiger partial charge in [-0.3, -0.25) is 19.9 Å². The average molecular weight is 317 g/mol. The van der Waals surface area contributed by atoms with Gasteiger partial charge in [-0.1, -0.05) is 12.1 Å². The van der Waals surface area contributed by atoms with Crippen molar-refractivity contribution in [3.63, 3.8) is 0 Å². The molecule has 0 spiro atoms. The number of hydrogen-bond acceptors (Lipinski definition) is 5. The lowest BCUT2D eigenvalue weighted by Gasteiger charge is -2.08. The molecule has 0 aliphatic carbocycles. The molecule has 0 atom stereocenters. The summed E-state index contributed by atoms with van der Waals surface area (Å²) >= 11 is 1.46. The number of aromatic nitrogens is 1. The van der Waals surface area contributed by atoms with E-state index in [-0.39, 0.29) is 17.3 Å². The van der Waals surface area contributed by atoms with Crippen LogP contribution in [0.1, 0.15) is 11.1 Å². The smallest absolute Gasteiger partial charge is 0.271 e. The Morgan fingerprint density at radius 2 is 2.23 bits per heavy atom. The van der Waals surface area contributed by atoms with E-state index in [2.05, 4.69) is 10.3 Å². The van der Waals surface area contributed by atoms with Gasteiger partial charge in [-0.15, -0.1) is 11.8 Å². The number of carbonyl (C=O) groups is 1. The first-order valence-electron chi connectivity index (χ1n) is 6.58. The van der Waals surface area contributed by atoms with Gasteiger partial charge in [-0.25, -0.2) is 0 Å². The van der Waals surface area contributed by atoms with Gasteiger partial charge in [-0.2, -0.15) is 0 Å². The first kappa shape index (κ1) is 16.0. The lowest BCUT2D eigenvalue weighted by molar-refractivity contribution is -0.384. The van der Waals surface area contributed by atoms with Gasteiger partial charge in [0.05, 0.1) is 16.4 Å². The molecule has 1 amide bonds. The number of anilines is 1. The van der Waals surface area contributed by atoms with Crippen molar-refractivity contribution in [3.05, 3.63) is 64.0 Å². The van der Waals surface area contributed by atoms with Crippen molar-refractivity contribution >= 4 is 29.0 Å². The number of benzene rings is 1. The summed E-state index contributed by atoms with van der Waals surface area (Å²) < 4.78 is 0. The molecule has 1 N–H and O–H groups in total. The van der Waals surface area contributed by atoms with Crippen molar-refractivity contribution in [1.82, 2.24) is 4.98 Å². The fraction of sp³-hybridized carbons (Fsp3) is 0.200. The number of pyridine rings is 1. The molecule has 2 aromatic rings. The lowest BCUT2D eigenvalue weighted by Crippen LogP contribution is -2.15. The molecule has 0 radical (unpaired) electrons. The van der Waals surface area contributed by atoms with Crippen LogP contribution in [-0.4, -0.2) is 21.6 Å². The van der Waals surface area contributed by atoms with Crippen LogP contribution in [0.25, 0.3) is 0 Å². The van der Waals surface area contributed by atoms with Crippen molar-refractivity contribution in [3.8, 4) is 0 Å². The number of nitro groups is 1. The van der Waals surface area contributed by atoms with Crippen molar-refractivity contribution < 1.29 is 9.72 Å². The highest BCUT2D eigenvalue weighted by molar-refractivity contribution is 7.99. The van der Waals surface area contributed by atoms with Gasteiger partial charge >= 0.3 is 0 Å². The SMILES string of the molecule is Cc1ccc([N+](=O)[O-])cc1NC(=O)CSCc1cccnc1. The van der Waals surface area contributed by atoms with Crippen LogP contribution in [0.4, 0.5) is 11.4 Å². The fourth-order valence-electron chi connectivity index (χ4n) is 1.79. The third-order valence-corrected chi connectivity index (χ3v) is 3.93. The van der Waals surface area contributed by atoms with Crippen molar-refractivity contribution in [2.24, 2.45) is 0 Å². The van der Waals surface area contributed by atoms with E-state index < -0.39 is 4.92 Å². The number of nitrogens with one attached hydrogen (secondary N) is 1. The summed E-state index contributed by atoms with van der Waals surface area (Å²) in [7, 11) is 0. The van der Waals surface area contributed by atoms with Gasteiger partial charge < -0.3 is 5.32 Å². The Bertz CT molecular complexity index is 677. The second kappa shape index (κ2) is 7.56. The number of hydrogen-bond donors (Lipinski definition) is 1. The Kier molecular flexibility index (Phi) is 5.48. The summed E-state index contributed by atoms with van der Waals surface area (Å²) in [6.07, 6.45) is 3.46. The maximum atomic E-state index is 11.9. The van der Waals surface area contributed by atoms with E-state index in [9.17, 15) is 14.9 Å². The van der Waals surface area contributed by atoms with E-state index in [0.717, 1.165) is 11.1 Å². The van der Waals surface area contributed by atoms with E-state index in [1.807, 2.05) is 12.1 Å². The van der Waals surface area contributed by atoms with Crippen LogP contribution < -0.4 is 5.32 Å². The molecule has 0 fully saturated rings. The van der Waals surface area contributed by atoms with Crippen LogP contribution in [0.3, 0.4) is 0 Å². The molecule has 1 aromatic carbocycles. The maximum absolute atomic E-state index is 11.9. The minimum absolute atomic E-state index is 0.0380. The number of amides is 1. The Balaban J connectivity index is 1.89. The highest BCUT2D eigenvalue weighted by Gasteiger charge is 2.11. The molecule has 1 aromatic heterocycles. The van der Waals surface area contributed by atoms with E-state index in [1.165, 1.54) is 23.9 Å². The number of aryl methyl sites for hydroxylation is 1. The van der Waals surface area contributed by atoms with Gasteiger partial charge in [0.15, 0.2) is 0 Å². The monoisotopic (exact) mass is 317 g/mol. The third kappa shape index (κ3) is 4.56. The van der Waals surface area contributed by atoms with E-state index >= 15 is 0 Å². The van der Waals surface area contributed by atoms with Crippen LogP contribution in [0.2, 0.25) is 0 Å². The number of non-ortho nitro benzene ring substituents is 1. The Hall–Kier alpha value is -2.41. The Labute approximate surface area is 132 Å². The molecule has 114 valence electrons. The molecule has 0 aliphatic heterocycles. The van der Waals surface area contributed by atoms with Crippen LogP contribution in [0.5, 0.6) is 0 Å². The maximum Gasteiger partial charge on any atom is 0.271 e. The molecular formula is C15H15N3O3S. The summed E-state index contributed by atoms with van der Waals surface area (Å²) in [5.74, 6) is 0.782. The first-order valence-corrected chi connectivity index (χ1v) is 7.73. The first-order chi connectivity index (χ1) is 10.6. The lowest BCUT2D eigenvalue weighted by atomic mass is 10.2. The number of rotatable bonds is 6. The predicted octanol–water partition coefficient (Wildman–Crippen LogP) is 3.17. The summed E-state index contributed by atoms with van der Waals surface area (Å²) in [4.78, 5) is 26.2. The molecule has 0 aliphatic rings. The topological polar surface area (TPSA) is 85.1 Å². The van der Waals surface area contributed by atoms with Gasteiger partial charge in [-0.05, 0) is 24.1 Å².